The van der Waals surface area contributed by atoms with E-state index in [2.05, 4.69) is 9.97 Å². The highest BCUT2D eigenvalue weighted by molar-refractivity contribution is 5.99. The molecular weight excluding hydrogens is 432 g/mol. The minimum atomic E-state index is -4.60. The summed E-state index contributed by atoms with van der Waals surface area (Å²) >= 11 is 0. The van der Waals surface area contributed by atoms with Crippen molar-refractivity contribution in [1.29, 1.82) is 0 Å². The van der Waals surface area contributed by atoms with E-state index in [-0.39, 0.29) is 48.2 Å². The summed E-state index contributed by atoms with van der Waals surface area (Å²) in [6.45, 7) is 0.432. The van der Waals surface area contributed by atoms with Gasteiger partial charge in [0.1, 0.15) is 18.2 Å². The van der Waals surface area contributed by atoms with Gasteiger partial charge >= 0.3 is 6.18 Å². The molecule has 2 aromatic heterocycles. The molecule has 0 radical (unpaired) electrons. The summed E-state index contributed by atoms with van der Waals surface area (Å²) in [6, 6.07) is 2.54. The molecule has 0 spiro atoms. The largest absolute Gasteiger partial charge is 0.475 e. The van der Waals surface area contributed by atoms with Crippen molar-refractivity contribution in [2.24, 2.45) is 0 Å². The maximum Gasteiger partial charge on any atom is 0.417 e. The molecule has 1 amide bonds. The number of pyridine rings is 2. The molecule has 1 aromatic carbocycles. The molecule has 2 aliphatic rings. The van der Waals surface area contributed by atoms with Crippen LogP contribution >= 0.6 is 0 Å². The van der Waals surface area contributed by atoms with Crippen LogP contribution in [-0.2, 0) is 24.1 Å². The van der Waals surface area contributed by atoms with E-state index in [4.69, 9.17) is 15.2 Å². The van der Waals surface area contributed by atoms with E-state index in [1.54, 1.807) is 0 Å². The zero-order chi connectivity index (χ0) is 22.8. The van der Waals surface area contributed by atoms with Gasteiger partial charge in [0, 0.05) is 35.8 Å². The highest BCUT2D eigenvalue weighted by Crippen LogP contribution is 2.39. The highest BCUT2D eigenvalue weighted by Gasteiger charge is 2.37. The van der Waals surface area contributed by atoms with Crippen molar-refractivity contribution in [2.45, 2.75) is 25.4 Å². The summed E-state index contributed by atoms with van der Waals surface area (Å²) < 4.78 is 65.0. The first-order chi connectivity index (χ1) is 15.1. The molecule has 0 aliphatic carbocycles. The number of amides is 1. The number of ether oxygens (including phenoxy) is 2. The SMILES string of the molecule is CN(C(=O)c1cc2c3c(c(N)nc2cc1F)COC3)C1COc2ncc(C(F)(F)F)cc21. The smallest absolute Gasteiger partial charge is 0.417 e. The molecule has 3 aromatic rings. The fourth-order valence-corrected chi connectivity index (χ4v) is 4.04. The molecule has 166 valence electrons. The lowest BCUT2D eigenvalue weighted by atomic mass is 10.0. The molecule has 5 rings (SSSR count). The number of hydrogen-bond donors (Lipinski definition) is 1. The van der Waals surface area contributed by atoms with Gasteiger partial charge < -0.3 is 20.1 Å². The minimum Gasteiger partial charge on any atom is -0.475 e. The number of alkyl halides is 3. The van der Waals surface area contributed by atoms with Gasteiger partial charge in [0.15, 0.2) is 0 Å². The third kappa shape index (κ3) is 3.11. The molecule has 4 heterocycles. The van der Waals surface area contributed by atoms with Gasteiger partial charge in [0.25, 0.3) is 5.91 Å². The average Bonchev–Trinajstić information content (AvgIpc) is 3.39. The summed E-state index contributed by atoms with van der Waals surface area (Å²) in [5, 5.41) is 0.536. The number of rotatable bonds is 2. The van der Waals surface area contributed by atoms with Crippen LogP contribution in [0.25, 0.3) is 10.9 Å². The Hall–Kier alpha value is -3.47. The maximum atomic E-state index is 14.9. The highest BCUT2D eigenvalue weighted by atomic mass is 19.4. The van der Waals surface area contributed by atoms with Crippen LogP contribution in [0.15, 0.2) is 24.4 Å². The first kappa shape index (κ1) is 20.4. The van der Waals surface area contributed by atoms with E-state index in [1.807, 2.05) is 0 Å². The Morgan fingerprint density at radius 1 is 1.22 bits per heavy atom. The van der Waals surface area contributed by atoms with Gasteiger partial charge in [-0.1, -0.05) is 0 Å². The molecule has 32 heavy (non-hydrogen) atoms. The maximum absolute atomic E-state index is 14.9. The number of fused-ring (bicyclic) bond motifs is 4. The lowest BCUT2D eigenvalue weighted by Crippen LogP contribution is -2.32. The van der Waals surface area contributed by atoms with Crippen LogP contribution in [0, 0.1) is 5.82 Å². The second-order valence-corrected chi connectivity index (χ2v) is 7.66. The van der Waals surface area contributed by atoms with E-state index in [1.165, 1.54) is 13.1 Å². The molecule has 0 bridgehead atoms. The molecular formula is C21H16F4N4O3. The predicted octanol–water partition coefficient (Wildman–Crippen LogP) is 3.61. The van der Waals surface area contributed by atoms with Gasteiger partial charge in [-0.05, 0) is 17.7 Å². The third-order valence-electron chi connectivity index (χ3n) is 5.78. The van der Waals surface area contributed by atoms with Crippen molar-refractivity contribution >= 4 is 22.6 Å². The monoisotopic (exact) mass is 448 g/mol. The van der Waals surface area contributed by atoms with Gasteiger partial charge in [-0.15, -0.1) is 0 Å². The molecule has 7 nitrogen and oxygen atoms in total. The standard InChI is InChI=1S/C21H16F4N4O3/c1-29(17-8-32-19-12(17)2-9(5-27-19)21(23,24)25)20(30)11-3-10-13-6-31-7-14(13)18(26)28-16(10)4-15(11)22/h2-5,17H,6-8H2,1H3,(H2,26,28). The number of anilines is 1. The van der Waals surface area contributed by atoms with E-state index in [0.29, 0.717) is 17.1 Å². The molecule has 1 unspecified atom stereocenters. The van der Waals surface area contributed by atoms with Gasteiger partial charge in [0.05, 0.1) is 35.9 Å². The van der Waals surface area contributed by atoms with Gasteiger partial charge in [-0.3, -0.25) is 4.79 Å². The minimum absolute atomic E-state index is 0.0104. The number of nitrogen functional groups attached to an aromatic ring is 1. The second-order valence-electron chi connectivity index (χ2n) is 7.66. The molecule has 2 aliphatic heterocycles. The summed E-state index contributed by atoms with van der Waals surface area (Å²) in [6.07, 6.45) is -3.92. The summed E-state index contributed by atoms with van der Waals surface area (Å²) in [5.41, 5.74) is 6.55. The van der Waals surface area contributed by atoms with Crippen LogP contribution < -0.4 is 10.5 Å². The quantitative estimate of drug-likeness (QED) is 0.603. The zero-order valence-corrected chi connectivity index (χ0v) is 16.7. The van der Waals surface area contributed by atoms with Crippen LogP contribution in [-0.4, -0.2) is 34.4 Å². The Kier molecular flexibility index (Phi) is 4.48. The normalized spacial score (nSPS) is 17.2. The van der Waals surface area contributed by atoms with Crippen molar-refractivity contribution in [3.05, 3.63) is 58.0 Å². The van der Waals surface area contributed by atoms with Crippen molar-refractivity contribution in [3.63, 3.8) is 0 Å². The summed E-state index contributed by atoms with van der Waals surface area (Å²) in [7, 11) is 1.38. The Morgan fingerprint density at radius 3 is 2.72 bits per heavy atom. The van der Waals surface area contributed by atoms with E-state index in [9.17, 15) is 22.4 Å². The third-order valence-corrected chi connectivity index (χ3v) is 5.78. The number of benzene rings is 1. The fourth-order valence-electron chi connectivity index (χ4n) is 4.04. The number of aromatic nitrogens is 2. The first-order valence-corrected chi connectivity index (χ1v) is 9.60. The number of nitrogens with two attached hydrogens (primary N) is 1. The zero-order valence-electron chi connectivity index (χ0n) is 16.7. The van der Waals surface area contributed by atoms with E-state index < -0.39 is 29.5 Å². The average molecular weight is 448 g/mol. The Morgan fingerprint density at radius 2 is 1.97 bits per heavy atom. The van der Waals surface area contributed by atoms with Gasteiger partial charge in [-0.25, -0.2) is 14.4 Å². The lowest BCUT2D eigenvalue weighted by molar-refractivity contribution is -0.137. The van der Waals surface area contributed by atoms with Crippen molar-refractivity contribution in [2.75, 3.05) is 19.4 Å². The van der Waals surface area contributed by atoms with Gasteiger partial charge in [-0.2, -0.15) is 13.2 Å². The van der Waals surface area contributed by atoms with Crippen LogP contribution in [0.3, 0.4) is 0 Å². The number of nitrogens with zero attached hydrogens (tertiary/aromatic N) is 3. The molecule has 0 saturated heterocycles. The fraction of sp³-hybridized carbons (Fsp3) is 0.286. The van der Waals surface area contributed by atoms with Crippen molar-refractivity contribution in [1.82, 2.24) is 14.9 Å². The number of hydrogen-bond acceptors (Lipinski definition) is 6. The van der Waals surface area contributed by atoms with Crippen LogP contribution in [0.5, 0.6) is 5.88 Å². The van der Waals surface area contributed by atoms with Crippen LogP contribution in [0.2, 0.25) is 0 Å². The van der Waals surface area contributed by atoms with Crippen LogP contribution in [0.4, 0.5) is 23.4 Å². The number of likely N-dealkylation sites (N-methyl/N-ethyl adjacent to an activating group) is 1. The molecule has 1 atom stereocenters. The molecule has 0 saturated carbocycles. The number of halogens is 4. The summed E-state index contributed by atoms with van der Waals surface area (Å²) in [4.78, 5) is 22.2. The Labute approximate surface area is 178 Å². The Balaban J connectivity index is 1.53. The molecule has 11 heteroatoms. The van der Waals surface area contributed by atoms with Crippen LogP contribution in [0.1, 0.15) is 38.7 Å². The second kappa shape index (κ2) is 7.02. The number of carbonyl (C=O) groups is 1. The lowest BCUT2D eigenvalue weighted by Gasteiger charge is -2.24. The Bertz CT molecular complexity index is 1280. The van der Waals surface area contributed by atoms with Gasteiger partial charge in [0.2, 0.25) is 5.88 Å². The van der Waals surface area contributed by atoms with E-state index >= 15 is 0 Å². The topological polar surface area (TPSA) is 90.6 Å². The van der Waals surface area contributed by atoms with Crippen molar-refractivity contribution < 1.29 is 31.8 Å². The first-order valence-electron chi connectivity index (χ1n) is 9.60. The predicted molar refractivity (Wildman–Crippen MR) is 104 cm³/mol. The summed E-state index contributed by atoms with van der Waals surface area (Å²) in [5.74, 6) is -1.28. The number of carbonyl (C=O) groups excluding carboxylic acids is 1. The molecule has 2 N–H and O–H groups in total. The van der Waals surface area contributed by atoms with Crippen molar-refractivity contribution in [3.8, 4) is 5.88 Å². The van der Waals surface area contributed by atoms with E-state index in [0.717, 1.165) is 22.6 Å². The molecule has 0 fully saturated rings.